The first kappa shape index (κ1) is 8.23. The summed E-state index contributed by atoms with van der Waals surface area (Å²) in [6, 6.07) is 1.86. The van der Waals surface area contributed by atoms with E-state index in [-0.39, 0.29) is 5.69 Å². The minimum absolute atomic E-state index is 0.260. The van der Waals surface area contributed by atoms with E-state index in [4.69, 9.17) is 0 Å². The average molecular weight is 176 g/mol. The van der Waals surface area contributed by atoms with Crippen LogP contribution in [0.4, 0.5) is 0 Å². The van der Waals surface area contributed by atoms with E-state index in [0.29, 0.717) is 0 Å². The van der Waals surface area contributed by atoms with Crippen LogP contribution < -0.4 is 5.69 Å². The fourth-order valence-corrected chi connectivity index (χ4v) is 1.64. The van der Waals surface area contributed by atoms with Crippen molar-refractivity contribution in [3.8, 4) is 0 Å². The largest absolute Gasteiger partial charge is 0.345 e. The van der Waals surface area contributed by atoms with E-state index in [1.54, 1.807) is 6.20 Å². The molecule has 0 radical (unpaired) electrons. The van der Waals surface area contributed by atoms with Crippen molar-refractivity contribution in [1.82, 2.24) is 9.97 Å². The van der Waals surface area contributed by atoms with Gasteiger partial charge in [0.2, 0.25) is 0 Å². The van der Waals surface area contributed by atoms with Crippen LogP contribution in [0.25, 0.3) is 5.57 Å². The number of nitrogens with one attached hydrogen (secondary N) is 1. The molecule has 0 unspecified atom stereocenters. The molecule has 3 heteroatoms. The predicted octanol–water partition coefficient (Wildman–Crippen LogP) is 1.73. The molecule has 1 aliphatic rings. The summed E-state index contributed by atoms with van der Waals surface area (Å²) in [7, 11) is 0. The average Bonchev–Trinajstić information content (AvgIpc) is 2.19. The SMILES string of the molecule is O=c1nccc(C2=CCCCC2)[nH]1. The smallest absolute Gasteiger partial charge is 0.306 e. The second-order valence-corrected chi connectivity index (χ2v) is 3.26. The molecule has 1 aliphatic carbocycles. The molecule has 1 aromatic rings. The van der Waals surface area contributed by atoms with Crippen LogP contribution >= 0.6 is 0 Å². The predicted molar refractivity (Wildman–Crippen MR) is 51.3 cm³/mol. The summed E-state index contributed by atoms with van der Waals surface area (Å²) in [5, 5.41) is 0. The lowest BCUT2D eigenvalue weighted by Gasteiger charge is -2.11. The highest BCUT2D eigenvalue weighted by Crippen LogP contribution is 2.24. The van der Waals surface area contributed by atoms with Gasteiger partial charge in [0.15, 0.2) is 0 Å². The van der Waals surface area contributed by atoms with E-state index in [1.807, 2.05) is 6.07 Å². The van der Waals surface area contributed by atoms with Crippen molar-refractivity contribution < 1.29 is 0 Å². The molecule has 0 saturated heterocycles. The van der Waals surface area contributed by atoms with Crippen molar-refractivity contribution in [2.75, 3.05) is 0 Å². The summed E-state index contributed by atoms with van der Waals surface area (Å²) in [6.07, 6.45) is 8.44. The Morgan fingerprint density at radius 3 is 3.00 bits per heavy atom. The van der Waals surface area contributed by atoms with Gasteiger partial charge in [0.05, 0.1) is 0 Å². The molecular formula is C10H12N2O. The number of aromatic amines is 1. The van der Waals surface area contributed by atoms with Gasteiger partial charge in [-0.05, 0) is 37.3 Å². The molecule has 1 N–H and O–H groups in total. The number of nitrogens with zero attached hydrogens (tertiary/aromatic N) is 1. The lowest BCUT2D eigenvalue weighted by molar-refractivity contribution is 0.739. The highest BCUT2D eigenvalue weighted by molar-refractivity contribution is 5.62. The van der Waals surface area contributed by atoms with Crippen LogP contribution in [0.3, 0.4) is 0 Å². The van der Waals surface area contributed by atoms with Crippen LogP contribution in [0.2, 0.25) is 0 Å². The van der Waals surface area contributed by atoms with Gasteiger partial charge in [0.1, 0.15) is 0 Å². The van der Waals surface area contributed by atoms with E-state index in [2.05, 4.69) is 16.0 Å². The molecule has 68 valence electrons. The zero-order valence-electron chi connectivity index (χ0n) is 7.42. The Bertz CT molecular complexity index is 379. The normalized spacial score (nSPS) is 16.8. The molecule has 0 aromatic carbocycles. The van der Waals surface area contributed by atoms with Crippen molar-refractivity contribution in [2.45, 2.75) is 25.7 Å². The van der Waals surface area contributed by atoms with Gasteiger partial charge in [0, 0.05) is 11.9 Å². The van der Waals surface area contributed by atoms with E-state index in [0.717, 1.165) is 18.5 Å². The van der Waals surface area contributed by atoms with E-state index < -0.39 is 0 Å². The summed E-state index contributed by atoms with van der Waals surface area (Å²) >= 11 is 0. The topological polar surface area (TPSA) is 45.8 Å². The lowest BCUT2D eigenvalue weighted by atomic mass is 9.97. The van der Waals surface area contributed by atoms with Crippen molar-refractivity contribution in [3.63, 3.8) is 0 Å². The first-order valence-corrected chi connectivity index (χ1v) is 4.61. The zero-order chi connectivity index (χ0) is 9.10. The molecule has 0 atom stereocenters. The second-order valence-electron chi connectivity index (χ2n) is 3.26. The third-order valence-corrected chi connectivity index (χ3v) is 2.31. The molecule has 1 aromatic heterocycles. The fourth-order valence-electron chi connectivity index (χ4n) is 1.64. The maximum atomic E-state index is 10.9. The molecule has 3 nitrogen and oxygen atoms in total. The molecule has 2 rings (SSSR count). The fraction of sp³-hybridized carbons (Fsp3) is 0.400. The Labute approximate surface area is 76.5 Å². The summed E-state index contributed by atoms with van der Waals surface area (Å²) in [5.41, 5.74) is 1.93. The summed E-state index contributed by atoms with van der Waals surface area (Å²) in [4.78, 5) is 17.3. The van der Waals surface area contributed by atoms with Gasteiger partial charge in [-0.3, -0.25) is 0 Å². The quantitative estimate of drug-likeness (QED) is 0.708. The van der Waals surface area contributed by atoms with E-state index in [9.17, 15) is 4.79 Å². The van der Waals surface area contributed by atoms with Gasteiger partial charge in [-0.25, -0.2) is 9.78 Å². The van der Waals surface area contributed by atoms with Gasteiger partial charge in [0.25, 0.3) is 0 Å². The molecule has 0 fully saturated rings. The molecule has 0 aliphatic heterocycles. The minimum atomic E-state index is -0.260. The van der Waals surface area contributed by atoms with Gasteiger partial charge in [-0.15, -0.1) is 0 Å². The summed E-state index contributed by atoms with van der Waals surface area (Å²) in [6.45, 7) is 0. The Balaban J connectivity index is 2.34. The number of rotatable bonds is 1. The summed E-state index contributed by atoms with van der Waals surface area (Å²) < 4.78 is 0. The summed E-state index contributed by atoms with van der Waals surface area (Å²) in [5.74, 6) is 0. The van der Waals surface area contributed by atoms with E-state index in [1.165, 1.54) is 18.4 Å². The van der Waals surface area contributed by atoms with Gasteiger partial charge in [-0.1, -0.05) is 6.08 Å². The molecule has 0 amide bonds. The number of H-pyrrole nitrogens is 1. The number of aromatic nitrogens is 2. The number of hydrogen-bond acceptors (Lipinski definition) is 2. The molecular weight excluding hydrogens is 164 g/mol. The van der Waals surface area contributed by atoms with Crippen molar-refractivity contribution >= 4 is 5.57 Å². The lowest BCUT2D eigenvalue weighted by Crippen LogP contribution is -2.11. The highest BCUT2D eigenvalue weighted by Gasteiger charge is 2.06. The van der Waals surface area contributed by atoms with Crippen molar-refractivity contribution in [2.24, 2.45) is 0 Å². The third-order valence-electron chi connectivity index (χ3n) is 2.31. The Morgan fingerprint density at radius 1 is 1.38 bits per heavy atom. The van der Waals surface area contributed by atoms with Crippen LogP contribution in [0, 0.1) is 0 Å². The molecule has 1 heterocycles. The minimum Gasteiger partial charge on any atom is -0.306 e. The first-order valence-electron chi connectivity index (χ1n) is 4.61. The second kappa shape index (κ2) is 3.56. The molecule has 0 spiro atoms. The van der Waals surface area contributed by atoms with Crippen LogP contribution in [0.1, 0.15) is 31.4 Å². The van der Waals surface area contributed by atoms with Crippen LogP contribution in [-0.2, 0) is 0 Å². The molecule has 13 heavy (non-hydrogen) atoms. The first-order chi connectivity index (χ1) is 6.36. The van der Waals surface area contributed by atoms with Gasteiger partial charge >= 0.3 is 5.69 Å². The monoisotopic (exact) mass is 176 g/mol. The Kier molecular flexibility index (Phi) is 2.25. The Hall–Kier alpha value is -1.38. The molecule has 0 bridgehead atoms. The number of hydrogen-bond donors (Lipinski definition) is 1. The third kappa shape index (κ3) is 1.86. The van der Waals surface area contributed by atoms with E-state index >= 15 is 0 Å². The van der Waals surface area contributed by atoms with Crippen LogP contribution in [-0.4, -0.2) is 9.97 Å². The van der Waals surface area contributed by atoms with Crippen molar-refractivity contribution in [3.05, 3.63) is 34.5 Å². The molecule has 0 saturated carbocycles. The maximum Gasteiger partial charge on any atom is 0.345 e. The number of allylic oxidation sites excluding steroid dienone is 2. The van der Waals surface area contributed by atoms with Crippen LogP contribution in [0.15, 0.2) is 23.1 Å². The highest BCUT2D eigenvalue weighted by atomic mass is 16.1. The van der Waals surface area contributed by atoms with Crippen LogP contribution in [0.5, 0.6) is 0 Å². The maximum absolute atomic E-state index is 10.9. The zero-order valence-corrected chi connectivity index (χ0v) is 7.42. The van der Waals surface area contributed by atoms with Gasteiger partial charge < -0.3 is 4.98 Å². The Morgan fingerprint density at radius 2 is 2.31 bits per heavy atom. The standard InChI is InChI=1S/C10H12N2O/c13-10-11-7-6-9(12-10)8-4-2-1-3-5-8/h4,6-7H,1-3,5H2,(H,11,12,13). The van der Waals surface area contributed by atoms with Gasteiger partial charge in [-0.2, -0.15) is 0 Å². The van der Waals surface area contributed by atoms with Crippen molar-refractivity contribution in [1.29, 1.82) is 0 Å².